The minimum absolute atomic E-state index is 0.0842. The van der Waals surface area contributed by atoms with Crippen molar-refractivity contribution in [1.82, 2.24) is 0 Å². The Bertz CT molecular complexity index is 653. The average molecular weight is 282 g/mol. The van der Waals surface area contributed by atoms with Gasteiger partial charge in [-0.2, -0.15) is 0 Å². The van der Waals surface area contributed by atoms with Gasteiger partial charge in [-0.3, -0.25) is 0 Å². The molecule has 0 fully saturated rings. The van der Waals surface area contributed by atoms with E-state index >= 15 is 0 Å². The highest BCUT2D eigenvalue weighted by Crippen LogP contribution is 2.26. The summed E-state index contributed by atoms with van der Waals surface area (Å²) in [5.41, 5.74) is 9.08. The summed E-state index contributed by atoms with van der Waals surface area (Å²) in [4.78, 5) is 3.99. The Morgan fingerprint density at radius 1 is 1.24 bits per heavy atom. The van der Waals surface area contributed by atoms with Gasteiger partial charge < -0.3 is 15.2 Å². The Morgan fingerprint density at radius 3 is 2.71 bits per heavy atom. The number of aliphatic imine (C=N–C) groups is 1. The molecule has 1 atom stereocenters. The smallest absolute Gasteiger partial charge is 0.282 e. The molecular formula is C17H18N2O2. The van der Waals surface area contributed by atoms with E-state index in [9.17, 15) is 0 Å². The standard InChI is InChI=1S/C17H18N2O2/c1-12-9-14(20-11-15-10-19-17(18)21-15)7-8-16(12)13-5-3-2-4-6-13/h2-9,15H,10-11H2,1H3,(H2,18,19)/t15-/m0/s1. The van der Waals surface area contributed by atoms with Crippen LogP contribution in [0.4, 0.5) is 0 Å². The second kappa shape index (κ2) is 5.87. The topological polar surface area (TPSA) is 56.8 Å². The number of ether oxygens (including phenoxy) is 2. The summed E-state index contributed by atoms with van der Waals surface area (Å²) in [6.45, 7) is 3.10. The first-order valence-corrected chi connectivity index (χ1v) is 6.98. The Balaban J connectivity index is 1.67. The predicted molar refractivity (Wildman–Crippen MR) is 83.5 cm³/mol. The van der Waals surface area contributed by atoms with Crippen molar-refractivity contribution >= 4 is 6.02 Å². The lowest BCUT2D eigenvalue weighted by Crippen LogP contribution is -2.24. The zero-order valence-corrected chi connectivity index (χ0v) is 12.0. The van der Waals surface area contributed by atoms with Gasteiger partial charge >= 0.3 is 0 Å². The van der Waals surface area contributed by atoms with E-state index in [1.54, 1.807) is 0 Å². The van der Waals surface area contributed by atoms with Gasteiger partial charge in [0, 0.05) is 0 Å². The van der Waals surface area contributed by atoms with E-state index in [1.807, 2.05) is 30.3 Å². The maximum atomic E-state index is 5.76. The van der Waals surface area contributed by atoms with Crippen molar-refractivity contribution in [1.29, 1.82) is 0 Å². The number of nitrogens with two attached hydrogens (primary N) is 1. The van der Waals surface area contributed by atoms with Crippen molar-refractivity contribution in [2.45, 2.75) is 13.0 Å². The SMILES string of the molecule is Cc1cc(OC[C@@H]2CN=C(N)O2)ccc1-c1ccccc1. The van der Waals surface area contributed by atoms with Crippen LogP contribution in [0, 0.1) is 6.92 Å². The van der Waals surface area contributed by atoms with Gasteiger partial charge in [-0.15, -0.1) is 0 Å². The van der Waals surface area contributed by atoms with Gasteiger partial charge in [-0.05, 0) is 35.7 Å². The number of rotatable bonds is 4. The molecule has 108 valence electrons. The Labute approximate surface area is 124 Å². The lowest BCUT2D eigenvalue weighted by atomic mass is 10.0. The number of nitrogens with zero attached hydrogens (tertiary/aromatic N) is 1. The third kappa shape index (κ3) is 3.16. The van der Waals surface area contributed by atoms with Gasteiger partial charge in [0.1, 0.15) is 12.4 Å². The molecule has 1 heterocycles. The van der Waals surface area contributed by atoms with E-state index in [1.165, 1.54) is 16.7 Å². The summed E-state index contributed by atoms with van der Waals surface area (Å²) in [6.07, 6.45) is -0.0842. The molecule has 0 aromatic heterocycles. The molecule has 2 aromatic rings. The highest BCUT2D eigenvalue weighted by atomic mass is 16.5. The minimum atomic E-state index is -0.0842. The van der Waals surface area contributed by atoms with E-state index in [0.29, 0.717) is 13.2 Å². The molecule has 0 saturated carbocycles. The number of hydrogen-bond acceptors (Lipinski definition) is 4. The molecule has 1 aliphatic heterocycles. The van der Waals surface area contributed by atoms with Crippen molar-refractivity contribution in [2.24, 2.45) is 10.7 Å². The third-order valence-corrected chi connectivity index (χ3v) is 3.46. The third-order valence-electron chi connectivity index (χ3n) is 3.46. The minimum Gasteiger partial charge on any atom is -0.490 e. The van der Waals surface area contributed by atoms with Gasteiger partial charge in [0.15, 0.2) is 6.10 Å². The highest BCUT2D eigenvalue weighted by molar-refractivity contribution is 5.73. The van der Waals surface area contributed by atoms with Crippen LogP contribution >= 0.6 is 0 Å². The molecule has 0 unspecified atom stereocenters. The van der Waals surface area contributed by atoms with Crippen LogP contribution in [0.3, 0.4) is 0 Å². The molecule has 2 N–H and O–H groups in total. The molecule has 4 heteroatoms. The van der Waals surface area contributed by atoms with Crippen molar-refractivity contribution in [3.8, 4) is 16.9 Å². The average Bonchev–Trinajstić information content (AvgIpc) is 2.92. The molecule has 0 aliphatic carbocycles. The molecule has 0 amide bonds. The molecule has 1 aliphatic rings. The highest BCUT2D eigenvalue weighted by Gasteiger charge is 2.18. The molecule has 4 nitrogen and oxygen atoms in total. The molecule has 2 aromatic carbocycles. The van der Waals surface area contributed by atoms with E-state index in [4.69, 9.17) is 15.2 Å². The van der Waals surface area contributed by atoms with Gasteiger partial charge in [-0.25, -0.2) is 4.99 Å². The van der Waals surface area contributed by atoms with Crippen molar-refractivity contribution < 1.29 is 9.47 Å². The Hall–Kier alpha value is -2.49. The molecule has 21 heavy (non-hydrogen) atoms. The van der Waals surface area contributed by atoms with Crippen molar-refractivity contribution in [2.75, 3.05) is 13.2 Å². The summed E-state index contributed by atoms with van der Waals surface area (Å²) in [5.74, 6) is 0.834. The van der Waals surface area contributed by atoms with Crippen LogP contribution in [0.5, 0.6) is 5.75 Å². The van der Waals surface area contributed by atoms with E-state index in [2.05, 4.69) is 30.1 Å². The first-order valence-electron chi connectivity index (χ1n) is 6.98. The summed E-state index contributed by atoms with van der Waals surface area (Å²) in [7, 11) is 0. The van der Waals surface area contributed by atoms with Gasteiger partial charge in [0.2, 0.25) is 0 Å². The zero-order valence-electron chi connectivity index (χ0n) is 12.0. The normalized spacial score (nSPS) is 17.2. The number of benzene rings is 2. The van der Waals surface area contributed by atoms with Crippen molar-refractivity contribution in [3.05, 3.63) is 54.1 Å². The van der Waals surface area contributed by atoms with Gasteiger partial charge in [0.25, 0.3) is 6.02 Å². The summed E-state index contributed by atoms with van der Waals surface area (Å²) >= 11 is 0. The number of aryl methyl sites for hydroxylation is 1. The van der Waals surface area contributed by atoms with Crippen molar-refractivity contribution in [3.63, 3.8) is 0 Å². The first-order chi connectivity index (χ1) is 10.2. The van der Waals surface area contributed by atoms with Crippen LogP contribution in [0.2, 0.25) is 0 Å². The largest absolute Gasteiger partial charge is 0.490 e. The Morgan fingerprint density at radius 2 is 2.05 bits per heavy atom. The lowest BCUT2D eigenvalue weighted by Gasteiger charge is -2.13. The van der Waals surface area contributed by atoms with Crippen LogP contribution in [-0.2, 0) is 4.74 Å². The molecule has 0 spiro atoms. The number of amidine groups is 1. The van der Waals surface area contributed by atoms with Crippen LogP contribution in [0.15, 0.2) is 53.5 Å². The van der Waals surface area contributed by atoms with Crippen LogP contribution < -0.4 is 10.5 Å². The first kappa shape index (κ1) is 13.5. The molecule has 0 bridgehead atoms. The molecule has 0 saturated heterocycles. The second-order valence-corrected chi connectivity index (χ2v) is 5.07. The quantitative estimate of drug-likeness (QED) is 0.938. The molecular weight excluding hydrogens is 264 g/mol. The Kier molecular flexibility index (Phi) is 3.77. The summed E-state index contributed by atoms with van der Waals surface area (Å²) < 4.78 is 11.1. The van der Waals surface area contributed by atoms with E-state index < -0.39 is 0 Å². The van der Waals surface area contributed by atoms with Gasteiger partial charge in [-0.1, -0.05) is 36.4 Å². The van der Waals surface area contributed by atoms with Crippen LogP contribution in [-0.4, -0.2) is 25.3 Å². The number of hydrogen-bond donors (Lipinski definition) is 1. The van der Waals surface area contributed by atoms with Gasteiger partial charge in [0.05, 0.1) is 6.54 Å². The monoisotopic (exact) mass is 282 g/mol. The molecule has 3 rings (SSSR count). The zero-order chi connectivity index (χ0) is 14.7. The summed E-state index contributed by atoms with van der Waals surface area (Å²) in [6, 6.07) is 16.7. The maximum absolute atomic E-state index is 5.76. The lowest BCUT2D eigenvalue weighted by molar-refractivity contribution is 0.141. The van der Waals surface area contributed by atoms with E-state index in [-0.39, 0.29) is 12.1 Å². The molecule has 0 radical (unpaired) electrons. The fraction of sp³-hybridized carbons (Fsp3) is 0.235. The van der Waals surface area contributed by atoms with E-state index in [0.717, 1.165) is 5.75 Å². The fourth-order valence-corrected chi connectivity index (χ4v) is 2.38. The maximum Gasteiger partial charge on any atom is 0.282 e. The van der Waals surface area contributed by atoms with Crippen LogP contribution in [0.25, 0.3) is 11.1 Å². The predicted octanol–water partition coefficient (Wildman–Crippen LogP) is 2.75. The van der Waals surface area contributed by atoms with Crippen LogP contribution in [0.1, 0.15) is 5.56 Å². The second-order valence-electron chi connectivity index (χ2n) is 5.07. The fourth-order valence-electron chi connectivity index (χ4n) is 2.38. The summed E-state index contributed by atoms with van der Waals surface area (Å²) in [5, 5.41) is 0.